The number of pyridine rings is 1. The Morgan fingerprint density at radius 1 is 1.23 bits per heavy atom. The summed E-state index contributed by atoms with van der Waals surface area (Å²) in [4.78, 5) is 20.6. The second-order valence-corrected chi connectivity index (χ2v) is 6.17. The lowest BCUT2D eigenvalue weighted by molar-refractivity contribution is 0.570. The molecular weight excluding hydrogens is 395 g/mol. The molecule has 3 heterocycles. The van der Waals surface area contributed by atoms with E-state index in [2.05, 4.69) is 25.5 Å². The van der Waals surface area contributed by atoms with Crippen LogP contribution in [0.3, 0.4) is 0 Å². The predicted molar refractivity (Wildman–Crippen MR) is 105 cm³/mol. The van der Waals surface area contributed by atoms with Crippen LogP contribution in [0, 0.1) is 11.6 Å². The van der Waals surface area contributed by atoms with E-state index in [-0.39, 0.29) is 40.9 Å². The standard InChI is InChI=1S/C18H12BF2N7O2/c19-9-1-2-13(12(20)5-9)25-15-11(16-26-27-18(22)30-16)8-28(17(29)14(15)21)7-10-6-23-3-4-24-10/h1-6,8,25H,7H2,(H2,22,27). The van der Waals surface area contributed by atoms with E-state index >= 15 is 4.39 Å². The minimum absolute atomic E-state index is 0.00332. The average Bonchev–Trinajstić information content (AvgIpc) is 3.16. The fourth-order valence-corrected chi connectivity index (χ4v) is 2.73. The average molecular weight is 407 g/mol. The molecule has 30 heavy (non-hydrogen) atoms. The van der Waals surface area contributed by atoms with Gasteiger partial charge in [0.25, 0.3) is 11.4 Å². The summed E-state index contributed by atoms with van der Waals surface area (Å²) in [6, 6.07) is 3.52. The number of halogens is 2. The number of benzene rings is 1. The first-order chi connectivity index (χ1) is 14.4. The highest BCUT2D eigenvalue weighted by molar-refractivity contribution is 6.32. The van der Waals surface area contributed by atoms with E-state index in [0.717, 1.165) is 10.6 Å². The molecule has 12 heteroatoms. The van der Waals surface area contributed by atoms with Crippen LogP contribution in [0.2, 0.25) is 0 Å². The second-order valence-electron chi connectivity index (χ2n) is 6.17. The predicted octanol–water partition coefficient (Wildman–Crippen LogP) is 1.13. The third kappa shape index (κ3) is 3.74. The van der Waals surface area contributed by atoms with E-state index in [4.69, 9.17) is 18.0 Å². The van der Waals surface area contributed by atoms with Crippen LogP contribution in [-0.2, 0) is 6.54 Å². The van der Waals surface area contributed by atoms with E-state index in [1.54, 1.807) is 0 Å². The number of nitrogens with one attached hydrogen (secondary N) is 1. The molecule has 148 valence electrons. The fraction of sp³-hybridized carbons (Fsp3) is 0.0556. The Hall–Kier alpha value is -4.09. The topological polar surface area (TPSA) is 125 Å². The Labute approximate surface area is 169 Å². The first-order valence-corrected chi connectivity index (χ1v) is 8.51. The van der Waals surface area contributed by atoms with E-state index < -0.39 is 17.2 Å². The SMILES string of the molecule is [B]c1ccc(Nc2c(-c3nnc(N)o3)cn(Cc3cnccn3)c(=O)c2F)c(F)c1. The number of nitrogen functional groups attached to an aromatic ring is 1. The number of rotatable bonds is 5. The Balaban J connectivity index is 1.86. The molecule has 0 aliphatic heterocycles. The summed E-state index contributed by atoms with van der Waals surface area (Å²) < 4.78 is 35.6. The second kappa shape index (κ2) is 7.74. The zero-order valence-corrected chi connectivity index (χ0v) is 15.2. The van der Waals surface area contributed by atoms with Gasteiger partial charge < -0.3 is 20.0 Å². The van der Waals surface area contributed by atoms with Crippen LogP contribution in [0.25, 0.3) is 11.5 Å². The fourth-order valence-electron chi connectivity index (χ4n) is 2.73. The molecule has 0 aliphatic carbocycles. The number of anilines is 3. The molecule has 0 bridgehead atoms. The molecule has 0 unspecified atom stereocenters. The van der Waals surface area contributed by atoms with Crippen LogP contribution in [0.4, 0.5) is 26.2 Å². The lowest BCUT2D eigenvalue weighted by Crippen LogP contribution is -2.25. The molecular formula is C18H12BF2N7O2. The van der Waals surface area contributed by atoms with Crippen LogP contribution < -0.4 is 22.1 Å². The molecule has 4 aromatic rings. The molecule has 9 nitrogen and oxygen atoms in total. The van der Waals surface area contributed by atoms with Crippen LogP contribution >= 0.6 is 0 Å². The van der Waals surface area contributed by atoms with Crippen molar-refractivity contribution in [2.75, 3.05) is 11.1 Å². The van der Waals surface area contributed by atoms with Gasteiger partial charge in [0.05, 0.1) is 35.4 Å². The van der Waals surface area contributed by atoms with Gasteiger partial charge in [0.1, 0.15) is 13.7 Å². The van der Waals surface area contributed by atoms with Gasteiger partial charge in [-0.3, -0.25) is 14.8 Å². The molecule has 1 aromatic carbocycles. The molecule has 4 rings (SSSR count). The highest BCUT2D eigenvalue weighted by Gasteiger charge is 2.22. The Morgan fingerprint density at radius 2 is 2.07 bits per heavy atom. The van der Waals surface area contributed by atoms with Crippen molar-refractivity contribution in [3.8, 4) is 11.5 Å². The van der Waals surface area contributed by atoms with Gasteiger partial charge in [0.15, 0.2) is 0 Å². The van der Waals surface area contributed by atoms with Gasteiger partial charge in [-0.2, -0.15) is 4.39 Å². The summed E-state index contributed by atoms with van der Waals surface area (Å²) >= 11 is 0. The first kappa shape index (κ1) is 19.2. The molecule has 3 aromatic heterocycles. The van der Waals surface area contributed by atoms with Gasteiger partial charge in [0, 0.05) is 18.6 Å². The molecule has 0 aliphatic rings. The number of nitrogens with zero attached hydrogens (tertiary/aromatic N) is 5. The maximum absolute atomic E-state index is 15.1. The number of nitrogens with two attached hydrogens (primary N) is 1. The van der Waals surface area contributed by atoms with Gasteiger partial charge in [0.2, 0.25) is 5.82 Å². The van der Waals surface area contributed by atoms with Crippen LogP contribution in [-0.4, -0.2) is 32.6 Å². The summed E-state index contributed by atoms with van der Waals surface area (Å²) in [6.07, 6.45) is 5.62. The lowest BCUT2D eigenvalue weighted by Gasteiger charge is -2.15. The zero-order chi connectivity index (χ0) is 21.3. The molecule has 0 atom stereocenters. The zero-order valence-electron chi connectivity index (χ0n) is 15.2. The van der Waals surface area contributed by atoms with Gasteiger partial charge >= 0.3 is 6.01 Å². The molecule has 0 saturated carbocycles. The Bertz CT molecular complexity index is 1280. The number of hydrogen-bond acceptors (Lipinski definition) is 8. The maximum atomic E-state index is 15.1. The molecule has 2 radical (unpaired) electrons. The van der Waals surface area contributed by atoms with Gasteiger partial charge in [-0.25, -0.2) is 4.39 Å². The highest BCUT2D eigenvalue weighted by Crippen LogP contribution is 2.31. The third-order valence-corrected chi connectivity index (χ3v) is 4.10. The summed E-state index contributed by atoms with van der Waals surface area (Å²) in [5.41, 5.74) is 4.63. The van der Waals surface area contributed by atoms with Crippen molar-refractivity contribution in [2.45, 2.75) is 6.54 Å². The molecule has 0 amide bonds. The number of aromatic nitrogens is 5. The van der Waals surface area contributed by atoms with Crippen molar-refractivity contribution in [1.82, 2.24) is 24.7 Å². The molecule has 3 N–H and O–H groups in total. The minimum Gasteiger partial charge on any atom is -0.403 e. The maximum Gasteiger partial charge on any atom is 0.313 e. The Morgan fingerprint density at radius 3 is 2.73 bits per heavy atom. The van der Waals surface area contributed by atoms with Crippen molar-refractivity contribution >= 4 is 30.7 Å². The first-order valence-electron chi connectivity index (χ1n) is 8.51. The summed E-state index contributed by atoms with van der Waals surface area (Å²) in [5.74, 6) is -2.10. The van der Waals surface area contributed by atoms with Crippen molar-refractivity contribution in [2.24, 2.45) is 0 Å². The van der Waals surface area contributed by atoms with Gasteiger partial charge in [-0.05, 0) is 12.1 Å². The van der Waals surface area contributed by atoms with Crippen molar-refractivity contribution in [3.63, 3.8) is 0 Å². The van der Waals surface area contributed by atoms with Crippen LogP contribution in [0.1, 0.15) is 5.69 Å². The minimum atomic E-state index is -1.19. The van der Waals surface area contributed by atoms with Crippen molar-refractivity contribution in [1.29, 1.82) is 0 Å². The van der Waals surface area contributed by atoms with E-state index in [0.29, 0.717) is 5.69 Å². The quantitative estimate of drug-likeness (QED) is 0.472. The van der Waals surface area contributed by atoms with Crippen LogP contribution in [0.15, 0.2) is 52.2 Å². The lowest BCUT2D eigenvalue weighted by atomic mass is 9.96. The molecule has 0 spiro atoms. The monoisotopic (exact) mass is 407 g/mol. The van der Waals surface area contributed by atoms with E-state index in [1.165, 1.54) is 36.9 Å². The third-order valence-electron chi connectivity index (χ3n) is 4.10. The van der Waals surface area contributed by atoms with E-state index in [9.17, 15) is 9.18 Å². The largest absolute Gasteiger partial charge is 0.403 e. The molecule has 0 fully saturated rings. The summed E-state index contributed by atoms with van der Waals surface area (Å²) in [7, 11) is 5.54. The van der Waals surface area contributed by atoms with Gasteiger partial charge in [-0.1, -0.05) is 16.6 Å². The molecule has 0 saturated heterocycles. The normalized spacial score (nSPS) is 10.9. The smallest absolute Gasteiger partial charge is 0.313 e. The van der Waals surface area contributed by atoms with Crippen molar-refractivity contribution < 1.29 is 13.2 Å². The highest BCUT2D eigenvalue weighted by atomic mass is 19.1. The Kier molecular flexibility index (Phi) is 4.96. The van der Waals surface area contributed by atoms with Gasteiger partial charge in [-0.15, -0.1) is 5.10 Å². The summed E-state index contributed by atoms with van der Waals surface area (Å²) in [6.45, 7) is -0.0727. The van der Waals surface area contributed by atoms with Crippen molar-refractivity contribution in [3.05, 3.63) is 70.7 Å². The van der Waals surface area contributed by atoms with E-state index in [1.807, 2.05) is 0 Å². The van der Waals surface area contributed by atoms with Crippen LogP contribution in [0.5, 0.6) is 0 Å². The summed E-state index contributed by atoms with van der Waals surface area (Å²) in [5, 5.41) is 9.85. The number of hydrogen-bond donors (Lipinski definition) is 2.